The third-order valence-corrected chi connectivity index (χ3v) is 6.38. The maximum Gasteiger partial charge on any atom is 0.151 e. The Bertz CT molecular complexity index is 382. The number of piperazine rings is 1. The lowest BCUT2D eigenvalue weighted by Crippen LogP contribution is -2.55. The van der Waals surface area contributed by atoms with Crippen molar-refractivity contribution in [2.75, 3.05) is 37.7 Å². The van der Waals surface area contributed by atoms with Crippen LogP contribution in [0.25, 0.3) is 0 Å². The molecule has 2 unspecified atom stereocenters. The lowest BCUT2D eigenvalue weighted by atomic mass is 10.1. The van der Waals surface area contributed by atoms with Gasteiger partial charge in [-0.2, -0.15) is 0 Å². The van der Waals surface area contributed by atoms with E-state index >= 15 is 0 Å². The first kappa shape index (κ1) is 11.9. The summed E-state index contributed by atoms with van der Waals surface area (Å²) < 4.78 is 23.4. The van der Waals surface area contributed by atoms with Crippen LogP contribution in [-0.2, 0) is 9.84 Å². The van der Waals surface area contributed by atoms with E-state index in [0.29, 0.717) is 23.6 Å². The zero-order chi connectivity index (χ0) is 11.9. The van der Waals surface area contributed by atoms with Crippen LogP contribution in [0.1, 0.15) is 25.7 Å². The second-order valence-electron chi connectivity index (χ2n) is 5.74. The Labute approximate surface area is 104 Å². The lowest BCUT2D eigenvalue weighted by Gasteiger charge is -2.42. The third kappa shape index (κ3) is 2.51. The van der Waals surface area contributed by atoms with Crippen molar-refractivity contribution in [1.82, 2.24) is 9.80 Å². The van der Waals surface area contributed by atoms with E-state index in [1.165, 1.54) is 19.4 Å². The highest BCUT2D eigenvalue weighted by molar-refractivity contribution is 7.91. The van der Waals surface area contributed by atoms with E-state index in [1.807, 2.05) is 0 Å². The Morgan fingerprint density at radius 2 is 1.65 bits per heavy atom. The highest BCUT2D eigenvalue weighted by Gasteiger charge is 2.36. The molecule has 0 N–H and O–H groups in total. The molecule has 3 rings (SSSR count). The molecule has 3 aliphatic heterocycles. The van der Waals surface area contributed by atoms with E-state index in [2.05, 4.69) is 9.80 Å². The fourth-order valence-electron chi connectivity index (χ4n) is 3.63. The first-order valence-corrected chi connectivity index (χ1v) is 8.65. The highest BCUT2D eigenvalue weighted by atomic mass is 32.2. The van der Waals surface area contributed by atoms with Crippen LogP contribution >= 0.6 is 0 Å². The second-order valence-corrected chi connectivity index (χ2v) is 7.97. The molecule has 3 fully saturated rings. The summed E-state index contributed by atoms with van der Waals surface area (Å²) in [6.45, 7) is 4.56. The third-order valence-electron chi connectivity index (χ3n) is 4.57. The van der Waals surface area contributed by atoms with E-state index in [1.54, 1.807) is 0 Å². The van der Waals surface area contributed by atoms with Crippen LogP contribution in [0, 0.1) is 0 Å². The zero-order valence-corrected chi connectivity index (χ0v) is 11.2. The normalized spacial score (nSPS) is 39.1. The van der Waals surface area contributed by atoms with Crippen LogP contribution in [0.3, 0.4) is 0 Å². The summed E-state index contributed by atoms with van der Waals surface area (Å²) in [7, 11) is -2.76. The van der Waals surface area contributed by atoms with Gasteiger partial charge >= 0.3 is 0 Å². The predicted octanol–water partition coefficient (Wildman–Crippen LogP) is 0.344. The van der Waals surface area contributed by atoms with Crippen molar-refractivity contribution in [3.8, 4) is 0 Å². The zero-order valence-electron chi connectivity index (χ0n) is 10.3. The minimum atomic E-state index is -2.76. The van der Waals surface area contributed by atoms with Gasteiger partial charge in [0, 0.05) is 31.7 Å². The van der Waals surface area contributed by atoms with Gasteiger partial charge in [0.05, 0.1) is 11.5 Å². The molecular formula is C12H22N2O2S. The molecule has 0 aromatic rings. The summed E-state index contributed by atoms with van der Waals surface area (Å²) >= 11 is 0. The Morgan fingerprint density at radius 1 is 0.882 bits per heavy atom. The molecule has 3 saturated heterocycles. The van der Waals surface area contributed by atoms with Crippen LogP contribution in [0.4, 0.5) is 0 Å². The Balaban J connectivity index is 1.64. The average molecular weight is 258 g/mol. The van der Waals surface area contributed by atoms with Gasteiger partial charge in [-0.1, -0.05) is 0 Å². The summed E-state index contributed by atoms with van der Waals surface area (Å²) in [5.41, 5.74) is 0. The van der Waals surface area contributed by atoms with Gasteiger partial charge in [0.25, 0.3) is 0 Å². The van der Waals surface area contributed by atoms with Crippen molar-refractivity contribution in [1.29, 1.82) is 0 Å². The summed E-state index contributed by atoms with van der Waals surface area (Å²) in [5.74, 6) is 0.812. The minimum absolute atomic E-state index is 0.302. The van der Waals surface area contributed by atoms with Crippen LogP contribution in [0.2, 0.25) is 0 Å². The van der Waals surface area contributed by atoms with Gasteiger partial charge in [-0.05, 0) is 32.2 Å². The molecule has 0 spiro atoms. The van der Waals surface area contributed by atoms with Crippen LogP contribution in [0.5, 0.6) is 0 Å². The van der Waals surface area contributed by atoms with Crippen molar-refractivity contribution in [3.63, 3.8) is 0 Å². The molecule has 17 heavy (non-hydrogen) atoms. The molecule has 0 radical (unpaired) electrons. The molecule has 2 atom stereocenters. The molecule has 0 bridgehead atoms. The van der Waals surface area contributed by atoms with Gasteiger partial charge in [0.2, 0.25) is 0 Å². The van der Waals surface area contributed by atoms with Crippen molar-refractivity contribution < 1.29 is 8.42 Å². The van der Waals surface area contributed by atoms with E-state index in [4.69, 9.17) is 0 Å². The van der Waals surface area contributed by atoms with Gasteiger partial charge in [-0.3, -0.25) is 9.80 Å². The van der Waals surface area contributed by atoms with Crippen LogP contribution in [-0.4, -0.2) is 68.0 Å². The number of rotatable bonds is 1. The SMILES string of the molecule is O=S1(=O)CCCC(N2CCN3CCCC3C2)C1. The fourth-order valence-corrected chi connectivity index (χ4v) is 5.37. The number of sulfone groups is 1. The van der Waals surface area contributed by atoms with E-state index in [0.717, 1.165) is 32.5 Å². The molecule has 0 aliphatic carbocycles. The van der Waals surface area contributed by atoms with Gasteiger partial charge in [0.15, 0.2) is 9.84 Å². The lowest BCUT2D eigenvalue weighted by molar-refractivity contribution is 0.0739. The monoisotopic (exact) mass is 258 g/mol. The Hall–Kier alpha value is -0.130. The van der Waals surface area contributed by atoms with Gasteiger partial charge in [0.1, 0.15) is 0 Å². The molecule has 0 amide bonds. The van der Waals surface area contributed by atoms with Crippen molar-refractivity contribution in [3.05, 3.63) is 0 Å². The quantitative estimate of drug-likeness (QED) is 0.680. The van der Waals surface area contributed by atoms with E-state index < -0.39 is 9.84 Å². The van der Waals surface area contributed by atoms with Crippen molar-refractivity contribution in [2.45, 2.75) is 37.8 Å². The summed E-state index contributed by atoms with van der Waals surface area (Å²) in [6, 6.07) is 1.00. The number of hydrogen-bond acceptors (Lipinski definition) is 4. The maximum atomic E-state index is 11.7. The molecule has 98 valence electrons. The maximum absolute atomic E-state index is 11.7. The number of hydrogen-bond donors (Lipinski definition) is 0. The molecule has 0 saturated carbocycles. The topological polar surface area (TPSA) is 40.6 Å². The smallest absolute Gasteiger partial charge is 0.151 e. The minimum Gasteiger partial charge on any atom is -0.298 e. The summed E-state index contributed by atoms with van der Waals surface area (Å²) in [6.07, 6.45) is 4.56. The molecule has 3 heterocycles. The van der Waals surface area contributed by atoms with Gasteiger partial charge in [-0.15, -0.1) is 0 Å². The average Bonchev–Trinajstić information content (AvgIpc) is 2.74. The van der Waals surface area contributed by atoms with Crippen molar-refractivity contribution in [2.24, 2.45) is 0 Å². The Kier molecular flexibility index (Phi) is 3.17. The summed E-state index contributed by atoms with van der Waals surface area (Å²) in [5, 5.41) is 0. The van der Waals surface area contributed by atoms with Gasteiger partial charge in [-0.25, -0.2) is 8.42 Å². The standard InChI is InChI=1S/C12H22N2O2S/c15-17(16)8-2-4-12(10-17)14-7-6-13-5-1-3-11(13)9-14/h11-12H,1-10H2. The first-order chi connectivity index (χ1) is 8.14. The number of nitrogens with zero attached hydrogens (tertiary/aromatic N) is 2. The molecule has 0 aromatic heterocycles. The molecular weight excluding hydrogens is 236 g/mol. The predicted molar refractivity (Wildman–Crippen MR) is 67.8 cm³/mol. The molecule has 5 heteroatoms. The number of fused-ring (bicyclic) bond motifs is 1. The molecule has 4 nitrogen and oxygen atoms in total. The largest absolute Gasteiger partial charge is 0.298 e. The van der Waals surface area contributed by atoms with Crippen LogP contribution < -0.4 is 0 Å². The molecule has 0 aromatic carbocycles. The van der Waals surface area contributed by atoms with E-state index in [-0.39, 0.29) is 0 Å². The Morgan fingerprint density at radius 3 is 2.47 bits per heavy atom. The second kappa shape index (κ2) is 4.52. The van der Waals surface area contributed by atoms with Gasteiger partial charge < -0.3 is 0 Å². The fraction of sp³-hybridized carbons (Fsp3) is 1.00. The molecule has 3 aliphatic rings. The summed E-state index contributed by atoms with van der Waals surface area (Å²) in [4.78, 5) is 5.02. The van der Waals surface area contributed by atoms with Crippen LogP contribution in [0.15, 0.2) is 0 Å². The first-order valence-electron chi connectivity index (χ1n) is 6.82. The highest BCUT2D eigenvalue weighted by Crippen LogP contribution is 2.25. The van der Waals surface area contributed by atoms with E-state index in [9.17, 15) is 8.42 Å². The van der Waals surface area contributed by atoms with Crippen molar-refractivity contribution >= 4 is 9.84 Å².